The maximum Gasteiger partial charge on any atom is 0.0210 e. The Hall–Kier alpha value is -0.860. The van der Waals surface area contributed by atoms with E-state index in [1.54, 1.807) is 5.56 Å². The highest BCUT2D eigenvalue weighted by Crippen LogP contribution is 2.21. The van der Waals surface area contributed by atoms with Gasteiger partial charge >= 0.3 is 0 Å². The van der Waals surface area contributed by atoms with Crippen molar-refractivity contribution < 1.29 is 0 Å². The maximum atomic E-state index is 3.81. The maximum absolute atomic E-state index is 3.81. The van der Waals surface area contributed by atoms with Crippen molar-refractivity contribution in [2.24, 2.45) is 0 Å². The Labute approximate surface area is 117 Å². The van der Waals surface area contributed by atoms with Crippen molar-refractivity contribution in [3.05, 3.63) is 34.9 Å². The Morgan fingerprint density at radius 2 is 1.95 bits per heavy atom. The molecule has 2 heteroatoms. The molecule has 19 heavy (non-hydrogen) atoms. The van der Waals surface area contributed by atoms with Crippen LogP contribution in [0.25, 0.3) is 0 Å². The van der Waals surface area contributed by atoms with Crippen molar-refractivity contribution in [2.45, 2.75) is 64.1 Å². The molecule has 1 aliphatic heterocycles. The van der Waals surface area contributed by atoms with Gasteiger partial charge in [-0.25, -0.2) is 0 Å². The van der Waals surface area contributed by atoms with Crippen molar-refractivity contribution >= 4 is 0 Å². The average Bonchev–Trinajstić information content (AvgIpc) is 2.74. The molecule has 2 nitrogen and oxygen atoms in total. The van der Waals surface area contributed by atoms with Gasteiger partial charge in [-0.2, -0.15) is 0 Å². The van der Waals surface area contributed by atoms with E-state index >= 15 is 0 Å². The van der Waals surface area contributed by atoms with Crippen LogP contribution in [0, 0.1) is 0 Å². The third-order valence-corrected chi connectivity index (χ3v) is 4.67. The van der Waals surface area contributed by atoms with Crippen LogP contribution in [0.4, 0.5) is 0 Å². The number of nitrogens with one attached hydrogen (secondary N) is 2. The first-order chi connectivity index (χ1) is 9.43. The van der Waals surface area contributed by atoms with Gasteiger partial charge in [0.15, 0.2) is 0 Å². The molecule has 0 aromatic heterocycles. The predicted molar refractivity (Wildman–Crippen MR) is 80.2 cm³/mol. The smallest absolute Gasteiger partial charge is 0.0210 e. The van der Waals surface area contributed by atoms with Crippen molar-refractivity contribution in [1.82, 2.24) is 10.6 Å². The van der Waals surface area contributed by atoms with Crippen LogP contribution in [0.15, 0.2) is 18.2 Å². The van der Waals surface area contributed by atoms with E-state index in [0.717, 1.165) is 25.7 Å². The molecule has 0 bridgehead atoms. The van der Waals surface area contributed by atoms with Crippen molar-refractivity contribution in [3.63, 3.8) is 0 Å². The van der Waals surface area contributed by atoms with Gasteiger partial charge in [0.1, 0.15) is 0 Å². The molecular weight excluding hydrogens is 232 g/mol. The minimum absolute atomic E-state index is 0.750. The van der Waals surface area contributed by atoms with Crippen LogP contribution in [0.1, 0.15) is 55.2 Å². The van der Waals surface area contributed by atoms with E-state index in [4.69, 9.17) is 0 Å². The summed E-state index contributed by atoms with van der Waals surface area (Å²) in [5.74, 6) is 0. The monoisotopic (exact) mass is 258 g/mol. The molecule has 1 fully saturated rings. The number of hydrogen-bond donors (Lipinski definition) is 2. The lowest BCUT2D eigenvalue weighted by atomic mass is 9.95. The molecule has 1 saturated carbocycles. The van der Waals surface area contributed by atoms with Gasteiger partial charge in [0.2, 0.25) is 0 Å². The summed E-state index contributed by atoms with van der Waals surface area (Å²) in [6, 6.07) is 7.56. The fourth-order valence-corrected chi connectivity index (χ4v) is 3.51. The summed E-state index contributed by atoms with van der Waals surface area (Å²) in [5.41, 5.74) is 4.64. The van der Waals surface area contributed by atoms with Gasteiger partial charge in [-0.05, 0) is 42.5 Å². The number of fused-ring (bicyclic) bond motifs is 1. The number of benzene rings is 1. The van der Waals surface area contributed by atoms with Crippen LogP contribution in [-0.2, 0) is 19.5 Å². The summed E-state index contributed by atoms with van der Waals surface area (Å²) in [6.45, 7) is 3.24. The van der Waals surface area contributed by atoms with Gasteiger partial charge in [0.05, 0.1) is 0 Å². The molecule has 2 N–H and O–H groups in total. The van der Waals surface area contributed by atoms with E-state index < -0.39 is 0 Å². The van der Waals surface area contributed by atoms with E-state index in [1.807, 2.05) is 0 Å². The molecular formula is C17H26N2. The third-order valence-electron chi connectivity index (χ3n) is 4.67. The normalized spacial score (nSPS) is 20.8. The van der Waals surface area contributed by atoms with Crippen LogP contribution in [0.5, 0.6) is 0 Å². The largest absolute Gasteiger partial charge is 0.312 e. The van der Waals surface area contributed by atoms with Crippen molar-refractivity contribution in [2.75, 3.05) is 6.54 Å². The molecule has 1 aromatic carbocycles. The number of hydrogen-bond acceptors (Lipinski definition) is 2. The second-order valence-corrected chi connectivity index (χ2v) is 6.05. The summed E-state index contributed by atoms with van der Waals surface area (Å²) >= 11 is 0. The fraction of sp³-hybridized carbons (Fsp3) is 0.647. The SMILES string of the molecule is c1cc2c(c(CNC3CCCCCC3)c1)CCNC2. The number of rotatable bonds is 3. The van der Waals surface area contributed by atoms with Gasteiger partial charge in [-0.3, -0.25) is 0 Å². The first-order valence-electron chi connectivity index (χ1n) is 7.97. The van der Waals surface area contributed by atoms with Crippen molar-refractivity contribution in [1.29, 1.82) is 0 Å². The van der Waals surface area contributed by atoms with Crippen LogP contribution < -0.4 is 10.6 Å². The lowest BCUT2D eigenvalue weighted by Gasteiger charge is -2.22. The minimum atomic E-state index is 0.750. The van der Waals surface area contributed by atoms with Crippen LogP contribution >= 0.6 is 0 Å². The highest BCUT2D eigenvalue weighted by molar-refractivity contribution is 5.37. The molecule has 3 rings (SSSR count). The molecule has 0 spiro atoms. The van der Waals surface area contributed by atoms with Gasteiger partial charge in [-0.15, -0.1) is 0 Å². The molecule has 1 aromatic rings. The third kappa shape index (κ3) is 3.37. The first kappa shape index (κ1) is 13.1. The standard InChI is InChI=1S/C17H26N2/c1-2-4-9-16(8-3-1)19-13-15-7-5-6-14-12-18-11-10-17(14)15/h5-7,16,18-19H,1-4,8-13H2. The first-order valence-corrected chi connectivity index (χ1v) is 7.97. The summed E-state index contributed by atoms with van der Waals surface area (Å²) in [6.07, 6.45) is 9.63. The Morgan fingerprint density at radius 1 is 1.11 bits per heavy atom. The fourth-order valence-electron chi connectivity index (χ4n) is 3.51. The molecule has 0 unspecified atom stereocenters. The Balaban J connectivity index is 1.63. The summed E-state index contributed by atoms with van der Waals surface area (Å²) in [5, 5.41) is 7.27. The average molecular weight is 258 g/mol. The van der Waals surface area contributed by atoms with Crippen LogP contribution in [-0.4, -0.2) is 12.6 Å². The molecule has 0 saturated heterocycles. The Morgan fingerprint density at radius 3 is 2.79 bits per heavy atom. The molecule has 0 radical (unpaired) electrons. The Kier molecular flexibility index (Phi) is 4.52. The van der Waals surface area contributed by atoms with Gasteiger partial charge in [0.25, 0.3) is 0 Å². The van der Waals surface area contributed by atoms with E-state index in [0.29, 0.717) is 0 Å². The van der Waals surface area contributed by atoms with E-state index in [-0.39, 0.29) is 0 Å². The zero-order chi connectivity index (χ0) is 12.9. The molecule has 2 aliphatic rings. The van der Waals surface area contributed by atoms with Gasteiger partial charge < -0.3 is 10.6 Å². The topological polar surface area (TPSA) is 24.1 Å². The van der Waals surface area contributed by atoms with Gasteiger partial charge in [-0.1, -0.05) is 43.9 Å². The summed E-state index contributed by atoms with van der Waals surface area (Å²) < 4.78 is 0. The quantitative estimate of drug-likeness (QED) is 0.814. The molecule has 104 valence electrons. The summed E-state index contributed by atoms with van der Waals surface area (Å²) in [7, 11) is 0. The lowest BCUT2D eigenvalue weighted by Crippen LogP contribution is -2.30. The molecule has 1 aliphatic carbocycles. The molecule has 0 amide bonds. The van der Waals surface area contributed by atoms with Gasteiger partial charge in [0, 0.05) is 19.1 Å². The lowest BCUT2D eigenvalue weighted by molar-refractivity contribution is 0.457. The highest BCUT2D eigenvalue weighted by atomic mass is 14.9. The zero-order valence-electron chi connectivity index (χ0n) is 11.9. The molecule has 0 atom stereocenters. The Bertz CT molecular complexity index is 406. The summed E-state index contributed by atoms with van der Waals surface area (Å²) in [4.78, 5) is 0. The second-order valence-electron chi connectivity index (χ2n) is 6.05. The van der Waals surface area contributed by atoms with Crippen molar-refractivity contribution in [3.8, 4) is 0 Å². The molecule has 1 heterocycles. The van der Waals surface area contributed by atoms with E-state index in [1.165, 1.54) is 56.1 Å². The van der Waals surface area contributed by atoms with E-state index in [2.05, 4.69) is 28.8 Å². The zero-order valence-corrected chi connectivity index (χ0v) is 11.9. The minimum Gasteiger partial charge on any atom is -0.312 e. The highest BCUT2D eigenvalue weighted by Gasteiger charge is 2.15. The van der Waals surface area contributed by atoms with Crippen LogP contribution in [0.2, 0.25) is 0 Å². The van der Waals surface area contributed by atoms with E-state index in [9.17, 15) is 0 Å². The second kappa shape index (κ2) is 6.53. The predicted octanol–water partition coefficient (Wildman–Crippen LogP) is 3.14. The van der Waals surface area contributed by atoms with Crippen LogP contribution in [0.3, 0.4) is 0 Å².